The second-order valence-electron chi connectivity index (χ2n) is 7.98. The highest BCUT2D eigenvalue weighted by atomic mass is 32.1. The van der Waals surface area contributed by atoms with E-state index in [1.807, 2.05) is 18.2 Å². The molecule has 1 aromatic carbocycles. The Bertz CT molecular complexity index is 1260. The first-order chi connectivity index (χ1) is 16.0. The Morgan fingerprint density at radius 1 is 1.06 bits per heavy atom. The van der Waals surface area contributed by atoms with Crippen LogP contribution < -0.4 is 20.9 Å². The van der Waals surface area contributed by atoms with Crippen molar-refractivity contribution in [2.75, 3.05) is 51.8 Å². The molecule has 3 aromatic rings. The third kappa shape index (κ3) is 4.40. The van der Waals surface area contributed by atoms with Gasteiger partial charge in [-0.1, -0.05) is 12.1 Å². The molecular weight excluding hydrogens is 444 g/mol. The molecule has 0 saturated carbocycles. The summed E-state index contributed by atoms with van der Waals surface area (Å²) in [6.45, 7) is 5.69. The Hall–Kier alpha value is -3.11. The minimum atomic E-state index is -0.823. The van der Waals surface area contributed by atoms with Crippen LogP contribution in [0.3, 0.4) is 0 Å². The fourth-order valence-electron chi connectivity index (χ4n) is 4.29. The van der Waals surface area contributed by atoms with Crippen molar-refractivity contribution >= 4 is 33.9 Å². The molecule has 10 heteroatoms. The zero-order valence-corrected chi connectivity index (χ0v) is 19.8. The van der Waals surface area contributed by atoms with Crippen molar-refractivity contribution in [3.63, 3.8) is 0 Å². The van der Waals surface area contributed by atoms with Crippen LogP contribution in [0.2, 0.25) is 0 Å². The molecule has 176 valence electrons. The van der Waals surface area contributed by atoms with Gasteiger partial charge in [0.2, 0.25) is 0 Å². The Morgan fingerprint density at radius 3 is 2.48 bits per heavy atom. The number of thiophene rings is 1. The summed E-state index contributed by atoms with van der Waals surface area (Å²) in [4.78, 5) is 42.9. The van der Waals surface area contributed by atoms with Crippen LogP contribution in [0.5, 0.6) is 5.75 Å². The summed E-state index contributed by atoms with van der Waals surface area (Å²) in [5, 5.41) is 3.88. The second kappa shape index (κ2) is 9.80. The van der Waals surface area contributed by atoms with Crippen molar-refractivity contribution in [1.82, 2.24) is 14.0 Å². The van der Waals surface area contributed by atoms with E-state index >= 15 is 0 Å². The van der Waals surface area contributed by atoms with Gasteiger partial charge >= 0.3 is 11.7 Å². The van der Waals surface area contributed by atoms with Gasteiger partial charge in [-0.2, -0.15) is 0 Å². The van der Waals surface area contributed by atoms with Gasteiger partial charge in [-0.25, -0.2) is 9.59 Å². The predicted octanol–water partition coefficient (Wildman–Crippen LogP) is 1.79. The van der Waals surface area contributed by atoms with Crippen molar-refractivity contribution in [3.8, 4) is 5.75 Å². The van der Waals surface area contributed by atoms with Crippen molar-refractivity contribution in [2.45, 2.75) is 19.5 Å². The number of hydrogen-bond donors (Lipinski definition) is 0. The Kier molecular flexibility index (Phi) is 6.85. The molecule has 9 nitrogen and oxygen atoms in total. The number of piperazine rings is 1. The van der Waals surface area contributed by atoms with Crippen LogP contribution in [0.4, 0.5) is 5.69 Å². The number of carbonyl (C=O) groups excluding carboxylic acids is 1. The molecule has 0 amide bonds. The number of aromatic nitrogens is 2. The van der Waals surface area contributed by atoms with Gasteiger partial charge in [-0.3, -0.25) is 18.8 Å². The number of nitrogens with zero attached hydrogens (tertiary/aromatic N) is 4. The molecule has 1 fully saturated rings. The minimum Gasteiger partial charge on any atom is -0.495 e. The molecule has 33 heavy (non-hydrogen) atoms. The van der Waals surface area contributed by atoms with Gasteiger partial charge < -0.3 is 14.4 Å². The maximum atomic E-state index is 13.2. The first-order valence-corrected chi connectivity index (χ1v) is 11.8. The Morgan fingerprint density at radius 2 is 1.79 bits per heavy atom. The standard InChI is InChI=1S/C23H28N4O5S/c1-16(22(29)32-3)27-19-15-33-14-17(19)21(28)26(23(27)30)13-10-24-8-11-25(12-9-24)18-6-4-5-7-20(18)31-2/h4-7,14-16H,8-13H2,1-3H3. The van der Waals surface area contributed by atoms with Gasteiger partial charge in [0.05, 0.1) is 30.8 Å². The largest absolute Gasteiger partial charge is 0.495 e. The summed E-state index contributed by atoms with van der Waals surface area (Å²) in [5.74, 6) is 0.323. The van der Waals surface area contributed by atoms with Crippen molar-refractivity contribution in [1.29, 1.82) is 0 Å². The molecule has 4 rings (SSSR count). The first-order valence-electron chi connectivity index (χ1n) is 10.9. The van der Waals surface area contributed by atoms with Gasteiger partial charge in [0.1, 0.15) is 11.8 Å². The first kappa shape index (κ1) is 23.1. The molecule has 1 atom stereocenters. The maximum absolute atomic E-state index is 13.2. The summed E-state index contributed by atoms with van der Waals surface area (Å²) < 4.78 is 12.9. The fraction of sp³-hybridized carbons (Fsp3) is 0.435. The number of para-hydroxylation sites is 2. The molecule has 2 aromatic heterocycles. The van der Waals surface area contributed by atoms with Gasteiger partial charge in [-0.05, 0) is 19.1 Å². The second-order valence-corrected chi connectivity index (χ2v) is 8.72. The highest BCUT2D eigenvalue weighted by Gasteiger charge is 2.24. The number of fused-ring (bicyclic) bond motifs is 1. The molecule has 0 spiro atoms. The van der Waals surface area contributed by atoms with Crippen molar-refractivity contribution in [2.24, 2.45) is 0 Å². The SMILES string of the molecule is COC(=O)C(C)n1c(=O)n(CCN2CCN(c3ccccc3OC)CC2)c(=O)c2cscc21. The monoisotopic (exact) mass is 472 g/mol. The van der Waals surface area contributed by atoms with Crippen LogP contribution in [-0.4, -0.2) is 66.9 Å². The number of benzene rings is 1. The number of rotatable bonds is 7. The lowest BCUT2D eigenvalue weighted by Crippen LogP contribution is -2.49. The molecular formula is C23H28N4O5S. The summed E-state index contributed by atoms with van der Waals surface area (Å²) in [6.07, 6.45) is 0. The third-order valence-corrected chi connectivity index (χ3v) is 6.91. The van der Waals surface area contributed by atoms with E-state index in [9.17, 15) is 14.4 Å². The number of esters is 1. The van der Waals surface area contributed by atoms with Crippen LogP contribution in [-0.2, 0) is 16.1 Å². The lowest BCUT2D eigenvalue weighted by Gasteiger charge is -2.36. The molecule has 0 aliphatic carbocycles. The Labute approximate surface area is 195 Å². The summed E-state index contributed by atoms with van der Waals surface area (Å²) in [7, 11) is 2.96. The van der Waals surface area contributed by atoms with E-state index < -0.39 is 17.7 Å². The van der Waals surface area contributed by atoms with Gasteiger partial charge in [0, 0.05) is 50.0 Å². The number of hydrogen-bond acceptors (Lipinski definition) is 8. The van der Waals surface area contributed by atoms with Gasteiger partial charge in [-0.15, -0.1) is 11.3 Å². The quantitative estimate of drug-likeness (QED) is 0.485. The molecule has 0 N–H and O–H groups in total. The van der Waals surface area contributed by atoms with E-state index in [4.69, 9.17) is 9.47 Å². The normalized spacial score (nSPS) is 15.5. The van der Waals surface area contributed by atoms with E-state index in [1.165, 1.54) is 27.6 Å². The highest BCUT2D eigenvalue weighted by molar-refractivity contribution is 7.09. The van der Waals surface area contributed by atoms with E-state index in [0.717, 1.165) is 37.6 Å². The number of ether oxygens (including phenoxy) is 2. The van der Waals surface area contributed by atoms with Crippen LogP contribution in [0.25, 0.3) is 10.9 Å². The van der Waals surface area contributed by atoms with E-state index in [0.29, 0.717) is 17.4 Å². The number of anilines is 1. The lowest BCUT2D eigenvalue weighted by atomic mass is 10.2. The molecule has 0 bridgehead atoms. The minimum absolute atomic E-state index is 0.256. The van der Waals surface area contributed by atoms with Crippen LogP contribution in [0.1, 0.15) is 13.0 Å². The lowest BCUT2D eigenvalue weighted by molar-refractivity contribution is -0.144. The van der Waals surface area contributed by atoms with E-state index in [1.54, 1.807) is 24.8 Å². The fourth-order valence-corrected chi connectivity index (χ4v) is 5.09. The van der Waals surface area contributed by atoms with Gasteiger partial charge in [0.25, 0.3) is 5.56 Å². The van der Waals surface area contributed by atoms with Crippen molar-refractivity contribution in [3.05, 3.63) is 55.9 Å². The van der Waals surface area contributed by atoms with Crippen LogP contribution >= 0.6 is 11.3 Å². The summed E-state index contributed by atoms with van der Waals surface area (Å²) in [5.41, 5.74) is 0.724. The number of methoxy groups -OCH3 is 2. The zero-order valence-electron chi connectivity index (χ0n) is 19.0. The molecule has 1 aliphatic rings. The molecule has 1 saturated heterocycles. The highest BCUT2D eigenvalue weighted by Crippen LogP contribution is 2.28. The predicted molar refractivity (Wildman–Crippen MR) is 129 cm³/mol. The smallest absolute Gasteiger partial charge is 0.332 e. The van der Waals surface area contributed by atoms with Crippen LogP contribution in [0, 0.1) is 0 Å². The molecule has 1 unspecified atom stereocenters. The molecule has 0 radical (unpaired) electrons. The molecule has 1 aliphatic heterocycles. The average molecular weight is 473 g/mol. The maximum Gasteiger partial charge on any atom is 0.332 e. The van der Waals surface area contributed by atoms with E-state index in [-0.39, 0.29) is 12.1 Å². The Balaban J connectivity index is 1.51. The topological polar surface area (TPSA) is 86.0 Å². The third-order valence-electron chi connectivity index (χ3n) is 6.18. The average Bonchev–Trinajstić information content (AvgIpc) is 3.33. The number of carbonyl (C=O) groups is 1. The van der Waals surface area contributed by atoms with Gasteiger partial charge in [0.15, 0.2) is 0 Å². The molecule has 3 heterocycles. The summed E-state index contributed by atoms with van der Waals surface area (Å²) in [6, 6.07) is 7.13. The summed E-state index contributed by atoms with van der Waals surface area (Å²) >= 11 is 1.33. The van der Waals surface area contributed by atoms with Crippen LogP contribution in [0.15, 0.2) is 44.6 Å². The zero-order chi connectivity index (χ0) is 23.5. The van der Waals surface area contributed by atoms with Crippen molar-refractivity contribution < 1.29 is 14.3 Å². The van der Waals surface area contributed by atoms with E-state index in [2.05, 4.69) is 15.9 Å².